The third kappa shape index (κ3) is 4.35. The molecule has 2 N–H and O–H groups in total. The minimum atomic E-state index is -0.175. The van der Waals surface area contributed by atoms with Crippen LogP contribution in [-0.2, 0) is 6.54 Å². The molecule has 1 fully saturated rings. The van der Waals surface area contributed by atoms with E-state index >= 15 is 0 Å². The second-order valence-corrected chi connectivity index (χ2v) is 5.84. The number of aromatic nitrogens is 2. The summed E-state index contributed by atoms with van der Waals surface area (Å²) in [6.45, 7) is 4.11. The Morgan fingerprint density at radius 3 is 2.95 bits per heavy atom. The summed E-state index contributed by atoms with van der Waals surface area (Å²) in [6.07, 6.45) is 5.86. The van der Waals surface area contributed by atoms with E-state index in [-0.39, 0.29) is 37.0 Å². The van der Waals surface area contributed by atoms with E-state index < -0.39 is 0 Å². The number of hydrogen-bond acceptors (Lipinski definition) is 3. The van der Waals surface area contributed by atoms with Crippen molar-refractivity contribution in [1.29, 1.82) is 0 Å². The molecule has 0 bridgehead atoms. The van der Waals surface area contributed by atoms with Crippen molar-refractivity contribution in [3.05, 3.63) is 30.1 Å². The lowest BCUT2D eigenvalue weighted by Gasteiger charge is -2.29. The molecular weight excluding hydrogens is 321 g/mol. The summed E-state index contributed by atoms with van der Waals surface area (Å²) in [4.78, 5) is 4.44. The van der Waals surface area contributed by atoms with Crippen molar-refractivity contribution in [3.63, 3.8) is 0 Å². The molecule has 2 heterocycles. The summed E-state index contributed by atoms with van der Waals surface area (Å²) in [5.74, 6) is 0. The van der Waals surface area contributed by atoms with E-state index in [2.05, 4.69) is 40.0 Å². The highest BCUT2D eigenvalue weighted by Crippen LogP contribution is 2.17. The van der Waals surface area contributed by atoms with E-state index in [0.717, 1.165) is 44.3 Å². The van der Waals surface area contributed by atoms with Gasteiger partial charge in [0.05, 0.1) is 23.5 Å². The van der Waals surface area contributed by atoms with Crippen LogP contribution >= 0.6 is 24.8 Å². The van der Waals surface area contributed by atoms with Gasteiger partial charge in [-0.15, -0.1) is 24.8 Å². The Hall–Kier alpha value is -0.810. The van der Waals surface area contributed by atoms with Gasteiger partial charge < -0.3 is 15.0 Å². The van der Waals surface area contributed by atoms with Crippen molar-refractivity contribution in [3.8, 4) is 0 Å². The molecule has 0 aliphatic carbocycles. The van der Waals surface area contributed by atoms with Gasteiger partial charge in [0.1, 0.15) is 0 Å². The van der Waals surface area contributed by atoms with E-state index in [1.165, 1.54) is 11.1 Å². The van der Waals surface area contributed by atoms with Crippen molar-refractivity contribution >= 4 is 35.8 Å². The van der Waals surface area contributed by atoms with Crippen LogP contribution in [0.5, 0.6) is 0 Å². The molecule has 4 nitrogen and oxygen atoms in total. The van der Waals surface area contributed by atoms with Gasteiger partial charge in [0.25, 0.3) is 0 Å². The van der Waals surface area contributed by atoms with E-state index in [1.807, 2.05) is 6.33 Å². The first-order chi connectivity index (χ1) is 9.74. The number of rotatable bonds is 4. The molecule has 0 amide bonds. The van der Waals surface area contributed by atoms with Gasteiger partial charge in [-0.2, -0.15) is 0 Å². The van der Waals surface area contributed by atoms with Crippen LogP contribution in [0.15, 0.2) is 24.5 Å². The largest absolute Gasteiger partial charge is 0.392 e. The number of halogens is 2. The normalized spacial score (nSPS) is 21.2. The fraction of sp³-hybridized carbons (Fsp3) is 0.562. The smallest absolute Gasteiger partial charge is 0.0958 e. The van der Waals surface area contributed by atoms with Crippen molar-refractivity contribution in [1.82, 2.24) is 14.9 Å². The number of nitrogens with one attached hydrogen (secondary N) is 1. The molecule has 2 atom stereocenters. The minimum absolute atomic E-state index is 0. The minimum Gasteiger partial charge on any atom is -0.392 e. The zero-order chi connectivity index (χ0) is 13.9. The van der Waals surface area contributed by atoms with Crippen molar-refractivity contribution in [2.24, 2.45) is 0 Å². The molecule has 0 saturated carbocycles. The highest BCUT2D eigenvalue weighted by atomic mass is 35.5. The standard InChI is InChI=1S/C16H23N3O.2ClH/c1-12-6-7-13-15(10-12)19(11-18-13)9-3-4-14-16(20)5-2-8-17-14;;/h6-7,10-11,14,16-17,20H,2-5,8-9H2,1H3;2*1H/t14-,16+;;/m1../s1. The van der Waals surface area contributed by atoms with E-state index in [9.17, 15) is 5.11 Å². The highest BCUT2D eigenvalue weighted by molar-refractivity contribution is 5.85. The Labute approximate surface area is 144 Å². The zero-order valence-corrected chi connectivity index (χ0v) is 14.5. The van der Waals surface area contributed by atoms with Gasteiger partial charge in [-0.3, -0.25) is 0 Å². The van der Waals surface area contributed by atoms with Crippen molar-refractivity contribution in [2.75, 3.05) is 6.54 Å². The Kier molecular flexibility index (Phi) is 7.63. The second kappa shape index (κ2) is 8.73. The molecule has 3 rings (SSSR count). The maximum absolute atomic E-state index is 9.95. The van der Waals surface area contributed by atoms with E-state index in [0.29, 0.717) is 0 Å². The molecule has 22 heavy (non-hydrogen) atoms. The number of benzene rings is 1. The predicted octanol–water partition coefficient (Wildman–Crippen LogP) is 3.08. The molecule has 0 unspecified atom stereocenters. The van der Waals surface area contributed by atoms with E-state index in [4.69, 9.17) is 0 Å². The van der Waals surface area contributed by atoms with Gasteiger partial charge in [0, 0.05) is 12.6 Å². The Balaban J connectivity index is 0.00000121. The Bertz CT molecular complexity index is 588. The Morgan fingerprint density at radius 2 is 2.18 bits per heavy atom. The average Bonchev–Trinajstić information content (AvgIpc) is 2.83. The predicted molar refractivity (Wildman–Crippen MR) is 95.2 cm³/mol. The SMILES string of the molecule is Cc1ccc2ncn(CCC[C@H]3NCCC[C@@H]3O)c2c1.Cl.Cl. The molecule has 6 heteroatoms. The number of nitrogens with zero attached hydrogens (tertiary/aromatic N) is 2. The number of aliphatic hydroxyl groups excluding tert-OH is 1. The number of aryl methyl sites for hydroxylation is 2. The van der Waals surface area contributed by atoms with Gasteiger partial charge in [0.15, 0.2) is 0 Å². The molecular formula is C16H25Cl2N3O. The number of fused-ring (bicyclic) bond motifs is 1. The van der Waals surface area contributed by atoms with Crippen molar-refractivity contribution in [2.45, 2.75) is 51.3 Å². The van der Waals surface area contributed by atoms with Crippen LogP contribution < -0.4 is 5.32 Å². The second-order valence-electron chi connectivity index (χ2n) is 5.84. The first-order valence-electron chi connectivity index (χ1n) is 7.57. The van der Waals surface area contributed by atoms with Gasteiger partial charge in [-0.1, -0.05) is 6.07 Å². The number of aliphatic hydroxyl groups is 1. The van der Waals surface area contributed by atoms with Gasteiger partial charge in [0.2, 0.25) is 0 Å². The summed E-state index contributed by atoms with van der Waals surface area (Å²) >= 11 is 0. The number of piperidine rings is 1. The van der Waals surface area contributed by atoms with Gasteiger partial charge in [-0.25, -0.2) is 4.98 Å². The number of hydrogen-bond donors (Lipinski definition) is 2. The molecule has 1 aliphatic rings. The summed E-state index contributed by atoms with van der Waals surface area (Å²) < 4.78 is 2.22. The fourth-order valence-corrected chi connectivity index (χ4v) is 3.06. The lowest BCUT2D eigenvalue weighted by Crippen LogP contribution is -2.44. The average molecular weight is 346 g/mol. The third-order valence-electron chi connectivity index (χ3n) is 4.24. The summed E-state index contributed by atoms with van der Waals surface area (Å²) in [5.41, 5.74) is 3.54. The van der Waals surface area contributed by atoms with E-state index in [1.54, 1.807) is 0 Å². The van der Waals surface area contributed by atoms with Crippen LogP contribution in [0.2, 0.25) is 0 Å². The molecule has 2 aromatic rings. The molecule has 1 aromatic carbocycles. The topological polar surface area (TPSA) is 50.1 Å². The number of imidazole rings is 1. The first-order valence-corrected chi connectivity index (χ1v) is 7.57. The maximum atomic E-state index is 9.95. The molecule has 124 valence electrons. The monoisotopic (exact) mass is 345 g/mol. The van der Waals surface area contributed by atoms with Gasteiger partial charge in [-0.05, 0) is 56.8 Å². The Morgan fingerprint density at radius 1 is 1.36 bits per heavy atom. The molecule has 1 aliphatic heterocycles. The van der Waals surface area contributed by atoms with Crippen LogP contribution in [0.1, 0.15) is 31.2 Å². The van der Waals surface area contributed by atoms with Crippen LogP contribution in [0.3, 0.4) is 0 Å². The fourth-order valence-electron chi connectivity index (χ4n) is 3.06. The quantitative estimate of drug-likeness (QED) is 0.895. The molecule has 1 aromatic heterocycles. The maximum Gasteiger partial charge on any atom is 0.0958 e. The van der Waals surface area contributed by atoms with Crippen molar-refractivity contribution < 1.29 is 5.11 Å². The third-order valence-corrected chi connectivity index (χ3v) is 4.24. The first kappa shape index (κ1) is 19.2. The summed E-state index contributed by atoms with van der Waals surface area (Å²) in [6, 6.07) is 6.63. The van der Waals surface area contributed by atoms with Crippen LogP contribution in [0.25, 0.3) is 11.0 Å². The lowest BCUT2D eigenvalue weighted by molar-refractivity contribution is 0.0909. The molecule has 0 spiro atoms. The molecule has 1 saturated heterocycles. The van der Waals surface area contributed by atoms with Gasteiger partial charge >= 0.3 is 0 Å². The van der Waals surface area contributed by atoms with Crippen LogP contribution in [0.4, 0.5) is 0 Å². The zero-order valence-electron chi connectivity index (χ0n) is 12.9. The lowest BCUT2D eigenvalue weighted by atomic mass is 9.97. The summed E-state index contributed by atoms with van der Waals surface area (Å²) in [5, 5.41) is 13.4. The van der Waals surface area contributed by atoms with Crippen LogP contribution in [-0.4, -0.2) is 33.3 Å². The van der Waals surface area contributed by atoms with Crippen LogP contribution in [0, 0.1) is 6.92 Å². The highest BCUT2D eigenvalue weighted by Gasteiger charge is 2.21. The summed E-state index contributed by atoms with van der Waals surface area (Å²) in [7, 11) is 0. The molecule has 0 radical (unpaired) electrons.